The molecule has 41 heteroatoms. The van der Waals surface area contributed by atoms with Crippen molar-refractivity contribution in [3.63, 3.8) is 0 Å². The number of likely N-dealkylation sites (N-methyl/N-ethyl adjacent to an activating group) is 2. The standard InChI is InChI=1S/C48H68ClN5O13S3.C48H65ClN4O12S2.2C2H6/c1-27-13-12-14-35(64-10)48(62)26-33(65-45(61)51-48)28(2)42-47(6,67-42)36(25-39(57)53(8)31-22-30(21-27)23-32(63-9)41(31)49)66-44(60)29(3)52(7)38(56)15-17-46(4,5)70-69-20-18-50-37(55)16-19-54-40(58)24-34(68-11)43(54)59;1-28-13-11-15-36(62-10)48(61)27-35(63-45(60)50-48)30(3)43-47(7,65-43)37(26-41(58)52(9)34-25-32(23-28)24-29(2)42(34)49)64-44(59)31(4)51(8)38(55)18-20-46(5,6)67-66-22-12-14-33(54)19-21-53-39(56)16-17-40(53)57;2*1-2/h12-14,22-23,28-29,33-36,42,62H,15-21,24-26H2,1-11H3,(H,50,55)(H,51,61);11,13,15-17,24-25,30-31,35-37,43,61H,12,14,18-23,26-27H2,1-10H3,(H,50,60);2*1-2H3/b14-12+,27-13+;15-11+,28-13+;;/t28-,29+,33+,34?,35-,36+,42+,47+,48+;30-,31+,35+,36-,37+,43+,47+,48+;;/m11../s1. The number of carbonyl (C=O) groups is 14. The number of amides is 11. The van der Waals surface area contributed by atoms with Crippen LogP contribution in [0.4, 0.5) is 21.0 Å². The number of likely N-dealkylation sites (tertiary alicyclic amines) is 1. The van der Waals surface area contributed by atoms with Crippen LogP contribution in [-0.2, 0) is 108 Å². The Labute approximate surface area is 859 Å². The van der Waals surface area contributed by atoms with Crippen LogP contribution < -0.4 is 30.5 Å². The number of Topliss-reactive ketones (excluding diaryl/α,β-unsaturated/α-hetero) is 1. The van der Waals surface area contributed by atoms with Gasteiger partial charge >= 0.3 is 24.1 Å². The number of esters is 2. The highest BCUT2D eigenvalue weighted by molar-refractivity contribution is 8.77. The number of anilines is 2. The molecule has 784 valence electrons. The second-order valence-corrected chi connectivity index (χ2v) is 45.8. The largest absolute Gasteiger partial charge is 0.495 e. The third kappa shape index (κ3) is 32.2. The van der Waals surface area contributed by atoms with E-state index >= 15 is 0 Å². The number of allylic oxidation sites excluding steroid dienone is 6. The van der Waals surface area contributed by atoms with E-state index in [2.05, 4.69) is 16.0 Å². The predicted molar refractivity (Wildman–Crippen MR) is 550 cm³/mol. The Bertz CT molecular complexity index is 4990. The van der Waals surface area contributed by atoms with Gasteiger partial charge in [-0.25, -0.2) is 19.2 Å². The molecule has 5 saturated heterocycles. The molecule has 5 N–H and O–H groups in total. The number of nitrogens with zero attached hydrogens (tertiary/aromatic N) is 6. The van der Waals surface area contributed by atoms with E-state index in [9.17, 15) is 77.3 Å². The molecule has 141 heavy (non-hydrogen) atoms. The van der Waals surface area contributed by atoms with Crippen LogP contribution in [0.2, 0.25) is 10.0 Å². The molecule has 11 amide bonds. The lowest BCUT2D eigenvalue weighted by Crippen LogP contribution is -2.63. The van der Waals surface area contributed by atoms with Gasteiger partial charge < -0.3 is 77.8 Å². The van der Waals surface area contributed by atoms with Gasteiger partial charge in [-0.1, -0.05) is 162 Å². The van der Waals surface area contributed by atoms with Crippen LogP contribution in [0.15, 0.2) is 84.0 Å². The second kappa shape index (κ2) is 53.2. The number of ketones is 1. The number of epoxide rings is 2. The molecule has 0 radical (unpaired) electrons. The van der Waals surface area contributed by atoms with Crippen LogP contribution in [0.1, 0.15) is 211 Å². The number of imide groups is 2. The molecule has 2 aromatic carbocycles. The van der Waals surface area contributed by atoms with Crippen molar-refractivity contribution in [2.75, 3.05) is 96.7 Å². The van der Waals surface area contributed by atoms with E-state index in [1.54, 1.807) is 131 Å². The van der Waals surface area contributed by atoms with Crippen molar-refractivity contribution in [2.45, 2.75) is 312 Å². The average molecular weight is 2100 g/mol. The van der Waals surface area contributed by atoms with Crippen LogP contribution in [0, 0.1) is 18.8 Å². The van der Waals surface area contributed by atoms with Gasteiger partial charge in [0.05, 0.1) is 53.8 Å². The Balaban J connectivity index is 0.000000370. The monoisotopic (exact) mass is 2100 g/mol. The summed E-state index contributed by atoms with van der Waals surface area (Å²) in [4.78, 5) is 190. The Hall–Kier alpha value is -8.19. The first-order valence-electron chi connectivity index (χ1n) is 47.7. The lowest BCUT2D eigenvalue weighted by molar-refractivity contribution is -0.162. The molecule has 5 fully saturated rings. The third-order valence-electron chi connectivity index (χ3n) is 26.3. The number of aryl methyl sites for hydroxylation is 1. The fraction of sp³-hybridized carbons (Fsp3) is 0.640. The highest BCUT2D eigenvalue weighted by Gasteiger charge is 2.67. The molecule has 8 aliphatic rings. The number of fused-ring (bicyclic) bond motifs is 10. The molecule has 34 nitrogen and oxygen atoms in total. The van der Waals surface area contributed by atoms with Crippen LogP contribution >= 0.6 is 78.1 Å². The summed E-state index contributed by atoms with van der Waals surface area (Å²) >= 11 is 15.0. The maximum Gasteiger partial charge on any atom is 0.409 e. The summed E-state index contributed by atoms with van der Waals surface area (Å²) in [5.41, 5.74) is -1.08. The third-order valence-corrected chi connectivity index (χ3v) is 34.8. The van der Waals surface area contributed by atoms with Crippen LogP contribution in [0.3, 0.4) is 0 Å². The van der Waals surface area contributed by atoms with Gasteiger partial charge in [0.2, 0.25) is 41.4 Å². The number of aliphatic hydroxyl groups is 2. The van der Waals surface area contributed by atoms with Crippen molar-refractivity contribution < 1.29 is 120 Å². The minimum absolute atomic E-state index is 0.0235. The smallest absolute Gasteiger partial charge is 0.409 e. The summed E-state index contributed by atoms with van der Waals surface area (Å²) in [7, 11) is 16.9. The molecular weight excluding hydrogens is 1960 g/mol. The number of alkyl carbamates (subject to hydrolysis) is 2. The first kappa shape index (κ1) is 120. The summed E-state index contributed by atoms with van der Waals surface area (Å²) in [6.07, 6.45) is 8.17. The number of benzene rings is 2. The van der Waals surface area contributed by atoms with Crippen LogP contribution in [0.5, 0.6) is 5.75 Å². The lowest BCUT2D eigenvalue weighted by Gasteiger charge is -2.42. The van der Waals surface area contributed by atoms with Gasteiger partial charge in [0.15, 0.2) is 11.4 Å². The number of thioether (sulfide) groups is 1. The Morgan fingerprint density at radius 1 is 0.603 bits per heavy atom. The van der Waals surface area contributed by atoms with E-state index < -0.39 is 143 Å². The van der Waals surface area contributed by atoms with Gasteiger partial charge in [-0.3, -0.25) is 68.4 Å². The first-order valence-corrected chi connectivity index (χ1v) is 54.4. The number of nitrogens with one attached hydrogen (secondary N) is 3. The highest BCUT2D eigenvalue weighted by atomic mass is 35.5. The van der Waals surface area contributed by atoms with E-state index in [0.717, 1.165) is 37.6 Å². The number of rotatable bonds is 33. The average Bonchev–Trinajstić information content (AvgIpc) is 1.57. The van der Waals surface area contributed by atoms with E-state index in [0.29, 0.717) is 78.7 Å². The summed E-state index contributed by atoms with van der Waals surface area (Å²) < 4.78 is 52.7. The fourth-order valence-corrected chi connectivity index (χ4v) is 23.4. The Morgan fingerprint density at radius 2 is 1.04 bits per heavy atom. The normalized spacial score (nSPS) is 28.0. The lowest BCUT2D eigenvalue weighted by atomic mass is 9.83. The SMILES string of the molecule is CC.CC.CO[C@@H]1/C=C/C=C(\C)Cc2cc(C)c(Cl)c(c2)N(C)C(=O)C[C@H](OC(=O)[C@H](C)N(C)C(=O)CCC(C)(C)SSCCCC(=O)CCN2C(=O)C=CC2=O)[C@]2(C)O[C@H]2[C@H](C)[C@@H]2C[C@@]1(O)NC(=O)O2.COc1cc2cc(c1Cl)N(C)C(=O)C[C@H](OC(=O)[C@H](C)N(C)C(=O)CCC(C)(C)SSCCNC(=O)CCN1C(=O)CC(SC)C1=O)[C@]1(C)O[C@H]1[C@H](C)[C@@H]1C[C@@](O)(NC(=O)O1)[C@H](OC)/C=C/C=C(\C)C2. The minimum Gasteiger partial charge on any atom is -0.495 e. The molecule has 8 aliphatic heterocycles. The second-order valence-electron chi connectivity index (χ2n) is 37.7. The maximum atomic E-state index is 14.3. The molecule has 17 atom stereocenters. The number of hydrogen-bond donors (Lipinski definition) is 5. The van der Waals surface area contributed by atoms with Crippen molar-refractivity contribution in [1.29, 1.82) is 0 Å². The number of carbonyl (C=O) groups excluding carboxylic acids is 14. The fourth-order valence-electron chi connectivity index (χ4n) is 17.1. The summed E-state index contributed by atoms with van der Waals surface area (Å²) in [5.74, 6) is -4.08. The summed E-state index contributed by atoms with van der Waals surface area (Å²) in [6.45, 7) is 32.4. The van der Waals surface area contributed by atoms with Crippen LogP contribution in [0.25, 0.3) is 0 Å². The summed E-state index contributed by atoms with van der Waals surface area (Å²) in [6, 6.07) is 5.25. The molecule has 2 aromatic rings. The van der Waals surface area contributed by atoms with Crippen molar-refractivity contribution in [1.82, 2.24) is 35.6 Å². The van der Waals surface area contributed by atoms with E-state index in [-0.39, 0.29) is 126 Å². The summed E-state index contributed by atoms with van der Waals surface area (Å²) in [5, 5.41) is 31.7. The quantitative estimate of drug-likeness (QED) is 0.0111. The van der Waals surface area contributed by atoms with E-state index in [1.807, 2.05) is 100 Å². The van der Waals surface area contributed by atoms with Gasteiger partial charge in [-0.05, 0) is 149 Å². The van der Waals surface area contributed by atoms with E-state index in [4.69, 9.17) is 65.8 Å². The zero-order valence-corrected chi connectivity index (χ0v) is 91.4. The molecule has 8 bridgehead atoms. The topological polar surface area (TPSA) is 425 Å². The Morgan fingerprint density at radius 3 is 1.47 bits per heavy atom. The number of ether oxygens (including phenoxy) is 9. The first-order chi connectivity index (χ1) is 66.3. The Kier molecular flexibility index (Phi) is 45.2. The molecular formula is C100H145Cl2N9O25S5. The predicted octanol–water partition coefficient (Wildman–Crippen LogP) is 13.9. The number of hydrogen-bond acceptors (Lipinski definition) is 30. The number of methoxy groups -OCH3 is 3. The molecule has 10 rings (SSSR count). The maximum absolute atomic E-state index is 14.3. The van der Waals surface area contributed by atoms with Gasteiger partial charge in [-0.15, -0.1) is 0 Å². The van der Waals surface area contributed by atoms with Crippen LogP contribution in [-0.4, -0.2) is 298 Å². The van der Waals surface area contributed by atoms with Gasteiger partial charge in [0.25, 0.3) is 11.8 Å². The van der Waals surface area contributed by atoms with Crippen molar-refractivity contribution in [2.24, 2.45) is 11.8 Å². The molecule has 0 aromatic heterocycles. The molecule has 1 unspecified atom stereocenters. The van der Waals surface area contributed by atoms with E-state index in [1.165, 1.54) is 89.7 Å². The molecule has 8 heterocycles. The highest BCUT2D eigenvalue weighted by Crippen LogP contribution is 2.52. The zero-order valence-electron chi connectivity index (χ0n) is 85.8. The zero-order chi connectivity index (χ0) is 105. The van der Waals surface area contributed by atoms with Crippen molar-refractivity contribution in [3.05, 3.63) is 111 Å². The minimum atomic E-state index is -1.86. The van der Waals surface area contributed by atoms with Gasteiger partial charge in [0.1, 0.15) is 76.5 Å². The van der Waals surface area contributed by atoms with Crippen molar-refractivity contribution >= 4 is 173 Å². The number of halogens is 2. The molecule has 0 spiro atoms. The van der Waals surface area contributed by atoms with Gasteiger partial charge in [-0.2, -0.15) is 11.8 Å². The molecule has 0 saturated carbocycles. The van der Waals surface area contributed by atoms with Crippen molar-refractivity contribution in [3.8, 4) is 5.75 Å². The molecule has 0 aliphatic carbocycles. The van der Waals surface area contributed by atoms with Gasteiger partial charge in [0, 0.05) is 158 Å².